The maximum Gasteiger partial charge on any atom is 0.286 e. The summed E-state index contributed by atoms with van der Waals surface area (Å²) in [6, 6.07) is 8.92. The number of rotatable bonds is 5. The molecule has 0 unspecified atom stereocenters. The molecule has 0 fully saturated rings. The van der Waals surface area contributed by atoms with Gasteiger partial charge in [-0.1, -0.05) is 11.6 Å². The van der Waals surface area contributed by atoms with Crippen LogP contribution < -0.4 is 10.5 Å². The van der Waals surface area contributed by atoms with Crippen LogP contribution in [0.5, 0.6) is 5.75 Å². The highest BCUT2D eigenvalue weighted by molar-refractivity contribution is 5.74. The maximum absolute atomic E-state index is 11.1. The van der Waals surface area contributed by atoms with Gasteiger partial charge in [0.1, 0.15) is 11.4 Å². The minimum Gasteiger partial charge on any atom is -0.496 e. The molecule has 0 bridgehead atoms. The molecule has 0 aliphatic carbocycles. The molecule has 2 N–H and O–H groups in total. The molecule has 2 aromatic heterocycles. The van der Waals surface area contributed by atoms with Crippen molar-refractivity contribution in [3.63, 3.8) is 0 Å². The van der Waals surface area contributed by atoms with Crippen LogP contribution in [0.4, 0.5) is 5.69 Å². The first kappa shape index (κ1) is 15.9. The van der Waals surface area contributed by atoms with Gasteiger partial charge in [0.2, 0.25) is 0 Å². The molecule has 7 heteroatoms. The van der Waals surface area contributed by atoms with Crippen LogP contribution in [0.1, 0.15) is 11.3 Å². The van der Waals surface area contributed by atoms with Crippen LogP contribution in [0, 0.1) is 17.0 Å². The van der Waals surface area contributed by atoms with Gasteiger partial charge >= 0.3 is 0 Å². The molecule has 7 nitrogen and oxygen atoms in total. The second-order valence-electron chi connectivity index (χ2n) is 5.52. The maximum atomic E-state index is 11.1. The highest BCUT2D eigenvalue weighted by atomic mass is 16.6. The van der Waals surface area contributed by atoms with E-state index in [4.69, 9.17) is 10.5 Å². The smallest absolute Gasteiger partial charge is 0.286 e. The molecule has 0 spiro atoms. The summed E-state index contributed by atoms with van der Waals surface area (Å²) in [5.74, 6) is 0.687. The predicted molar refractivity (Wildman–Crippen MR) is 91.3 cm³/mol. The van der Waals surface area contributed by atoms with Crippen LogP contribution in [-0.2, 0) is 6.42 Å². The third-order valence-electron chi connectivity index (χ3n) is 3.88. The van der Waals surface area contributed by atoms with E-state index in [0.29, 0.717) is 24.4 Å². The summed E-state index contributed by atoms with van der Waals surface area (Å²) in [7, 11) is 1.60. The van der Waals surface area contributed by atoms with E-state index in [9.17, 15) is 10.1 Å². The Morgan fingerprint density at radius 2 is 2.12 bits per heavy atom. The molecule has 24 heavy (non-hydrogen) atoms. The van der Waals surface area contributed by atoms with Crippen LogP contribution in [0.3, 0.4) is 0 Å². The zero-order valence-electron chi connectivity index (χ0n) is 13.5. The van der Waals surface area contributed by atoms with Gasteiger partial charge in [-0.25, -0.2) is 4.98 Å². The van der Waals surface area contributed by atoms with Gasteiger partial charge in [-0.3, -0.25) is 14.5 Å². The summed E-state index contributed by atoms with van der Waals surface area (Å²) in [6.07, 6.45) is 2.06. The third-order valence-corrected chi connectivity index (χ3v) is 3.88. The Morgan fingerprint density at radius 1 is 1.33 bits per heavy atom. The summed E-state index contributed by atoms with van der Waals surface area (Å²) in [5.41, 5.74) is 9.84. The van der Waals surface area contributed by atoms with Crippen molar-refractivity contribution in [2.45, 2.75) is 13.3 Å². The number of nitro groups is 1. The highest BCUT2D eigenvalue weighted by Gasteiger charge is 2.19. The number of pyridine rings is 1. The van der Waals surface area contributed by atoms with Crippen LogP contribution >= 0.6 is 0 Å². The summed E-state index contributed by atoms with van der Waals surface area (Å²) in [6.45, 7) is 2.42. The van der Waals surface area contributed by atoms with Crippen molar-refractivity contribution in [3.8, 4) is 17.0 Å². The van der Waals surface area contributed by atoms with Gasteiger partial charge in [-0.2, -0.15) is 0 Å². The van der Waals surface area contributed by atoms with Gasteiger partial charge in [0.25, 0.3) is 5.69 Å². The van der Waals surface area contributed by atoms with Gasteiger partial charge in [0.05, 0.1) is 29.6 Å². The summed E-state index contributed by atoms with van der Waals surface area (Å²) in [5, 5.41) is 11.1. The molecule has 0 radical (unpaired) electrons. The molecule has 124 valence electrons. The average molecular weight is 326 g/mol. The number of methoxy groups -OCH3 is 1. The topological polar surface area (TPSA) is 95.7 Å². The molecule has 0 saturated carbocycles. The van der Waals surface area contributed by atoms with Gasteiger partial charge in [-0.05, 0) is 31.7 Å². The summed E-state index contributed by atoms with van der Waals surface area (Å²) < 4.78 is 7.21. The SMILES string of the molecule is COc1ccc(C)cc1-c1c(CCN)nc2ccc([N+](=O)[O-])cn12. The molecule has 1 aromatic carbocycles. The van der Waals surface area contributed by atoms with E-state index in [0.717, 1.165) is 22.5 Å². The Balaban J connectivity index is 2.35. The zero-order valence-corrected chi connectivity index (χ0v) is 13.5. The van der Waals surface area contributed by atoms with E-state index in [1.54, 1.807) is 17.6 Å². The van der Waals surface area contributed by atoms with Gasteiger partial charge in [-0.15, -0.1) is 0 Å². The molecule has 0 saturated heterocycles. The van der Waals surface area contributed by atoms with E-state index >= 15 is 0 Å². The van der Waals surface area contributed by atoms with Crippen molar-refractivity contribution in [3.05, 3.63) is 57.9 Å². The number of hydrogen-bond donors (Lipinski definition) is 1. The Bertz CT molecular complexity index is 918. The lowest BCUT2D eigenvalue weighted by molar-refractivity contribution is -0.385. The largest absolute Gasteiger partial charge is 0.496 e. The highest BCUT2D eigenvalue weighted by Crippen LogP contribution is 2.34. The summed E-state index contributed by atoms with van der Waals surface area (Å²) in [4.78, 5) is 15.3. The number of ether oxygens (including phenoxy) is 1. The molecule has 2 heterocycles. The van der Waals surface area contributed by atoms with Crippen LogP contribution in [-0.4, -0.2) is 28.0 Å². The molecule has 3 rings (SSSR count). The fourth-order valence-electron chi connectivity index (χ4n) is 2.79. The number of aromatic nitrogens is 2. The molecule has 0 aliphatic rings. The first-order valence-corrected chi connectivity index (χ1v) is 7.55. The Hall–Kier alpha value is -2.93. The predicted octanol–water partition coefficient (Wildman–Crippen LogP) is 2.73. The molecule has 3 aromatic rings. The molecule has 0 amide bonds. The number of aryl methyl sites for hydroxylation is 1. The first-order chi connectivity index (χ1) is 11.5. The van der Waals surface area contributed by atoms with Crippen molar-refractivity contribution in [1.29, 1.82) is 0 Å². The Morgan fingerprint density at radius 3 is 2.79 bits per heavy atom. The number of nitrogens with two attached hydrogens (primary N) is 1. The van der Waals surface area contributed by atoms with E-state index in [1.165, 1.54) is 12.3 Å². The Labute approximate surface area is 138 Å². The standard InChI is InChI=1S/C17H18N4O3/c1-11-3-5-15(24-2)13(9-11)17-14(7-8-18)19-16-6-4-12(21(22)23)10-20(16)17/h3-6,9-10H,7-8,18H2,1-2H3. The second-order valence-corrected chi connectivity index (χ2v) is 5.52. The van der Waals surface area contributed by atoms with Crippen molar-refractivity contribution in [1.82, 2.24) is 9.38 Å². The third kappa shape index (κ3) is 2.69. The van der Waals surface area contributed by atoms with Crippen LogP contribution in [0.2, 0.25) is 0 Å². The second kappa shape index (κ2) is 6.29. The fraction of sp³-hybridized carbons (Fsp3) is 0.235. The van der Waals surface area contributed by atoms with E-state index in [1.807, 2.05) is 25.1 Å². The number of hydrogen-bond acceptors (Lipinski definition) is 5. The monoisotopic (exact) mass is 326 g/mol. The summed E-state index contributed by atoms with van der Waals surface area (Å²) >= 11 is 0. The normalized spacial score (nSPS) is 11.0. The number of benzene rings is 1. The minimum atomic E-state index is -0.417. The van der Waals surface area contributed by atoms with Gasteiger partial charge < -0.3 is 10.5 Å². The number of imidazole rings is 1. The van der Waals surface area contributed by atoms with Crippen LogP contribution in [0.25, 0.3) is 16.9 Å². The lowest BCUT2D eigenvalue weighted by Gasteiger charge is -2.11. The van der Waals surface area contributed by atoms with E-state index in [-0.39, 0.29) is 5.69 Å². The quantitative estimate of drug-likeness (QED) is 0.574. The average Bonchev–Trinajstić information content (AvgIpc) is 2.92. The van der Waals surface area contributed by atoms with E-state index in [2.05, 4.69) is 4.98 Å². The van der Waals surface area contributed by atoms with Crippen molar-refractivity contribution in [2.24, 2.45) is 5.73 Å². The zero-order chi connectivity index (χ0) is 17.3. The molecule has 0 atom stereocenters. The molecule has 0 aliphatic heterocycles. The van der Waals surface area contributed by atoms with Crippen LogP contribution in [0.15, 0.2) is 36.5 Å². The van der Waals surface area contributed by atoms with E-state index < -0.39 is 4.92 Å². The lowest BCUT2D eigenvalue weighted by atomic mass is 10.0. The molecular weight excluding hydrogens is 308 g/mol. The van der Waals surface area contributed by atoms with Gasteiger partial charge in [0, 0.05) is 18.1 Å². The lowest BCUT2D eigenvalue weighted by Crippen LogP contribution is -2.05. The van der Waals surface area contributed by atoms with Crippen molar-refractivity contribution in [2.75, 3.05) is 13.7 Å². The number of nitrogens with zero attached hydrogens (tertiary/aromatic N) is 3. The number of fused-ring (bicyclic) bond motifs is 1. The minimum absolute atomic E-state index is 0.00654. The Kier molecular flexibility index (Phi) is 4.18. The first-order valence-electron chi connectivity index (χ1n) is 7.55. The van der Waals surface area contributed by atoms with Crippen molar-refractivity contribution >= 4 is 11.3 Å². The van der Waals surface area contributed by atoms with Gasteiger partial charge in [0.15, 0.2) is 0 Å². The van der Waals surface area contributed by atoms with Crippen molar-refractivity contribution < 1.29 is 9.66 Å². The molecular formula is C17H18N4O3. The fourth-order valence-corrected chi connectivity index (χ4v) is 2.79.